The third kappa shape index (κ3) is 4.17. The number of hydrogen-bond donors (Lipinski definition) is 1. The Balaban J connectivity index is 2.23. The summed E-state index contributed by atoms with van der Waals surface area (Å²) in [5, 5.41) is 12.7. The Labute approximate surface area is 146 Å². The highest BCUT2D eigenvalue weighted by atomic mass is 35.5. The highest BCUT2D eigenvalue weighted by Gasteiger charge is 2.31. The molecular weight excluding hydrogens is 361 g/mol. The van der Waals surface area contributed by atoms with E-state index in [0.29, 0.717) is 17.1 Å². The lowest BCUT2D eigenvalue weighted by molar-refractivity contribution is -0.137. The summed E-state index contributed by atoms with van der Waals surface area (Å²) in [6, 6.07) is 6.85. The fraction of sp³-hybridized carbons (Fsp3) is 0.333. The second-order valence-electron chi connectivity index (χ2n) is 5.27. The maximum Gasteiger partial charge on any atom is 0.416 e. The zero-order valence-electron chi connectivity index (χ0n) is 12.9. The van der Waals surface area contributed by atoms with Gasteiger partial charge in [-0.15, -0.1) is 0 Å². The number of alkyl halides is 3. The van der Waals surface area contributed by atoms with Gasteiger partial charge in [0, 0.05) is 6.54 Å². The van der Waals surface area contributed by atoms with E-state index in [0.717, 1.165) is 23.7 Å². The first-order valence-corrected chi connectivity index (χ1v) is 8.02. The van der Waals surface area contributed by atoms with E-state index in [4.69, 9.17) is 16.9 Å². The molecule has 0 amide bonds. The number of benzene rings is 1. The Morgan fingerprint density at radius 3 is 2.71 bits per heavy atom. The molecule has 0 radical (unpaired) electrons. The van der Waals surface area contributed by atoms with Crippen LogP contribution < -0.4 is 5.32 Å². The fourth-order valence-electron chi connectivity index (χ4n) is 2.20. The van der Waals surface area contributed by atoms with Crippen molar-refractivity contribution in [1.29, 1.82) is 5.26 Å². The van der Waals surface area contributed by atoms with Crippen LogP contribution >= 0.6 is 23.1 Å². The van der Waals surface area contributed by atoms with Gasteiger partial charge in [-0.1, -0.05) is 23.7 Å². The van der Waals surface area contributed by atoms with Crippen molar-refractivity contribution in [2.45, 2.75) is 12.2 Å². The zero-order chi connectivity index (χ0) is 17.9. The summed E-state index contributed by atoms with van der Waals surface area (Å²) in [4.78, 5) is 1.80. The zero-order valence-corrected chi connectivity index (χ0v) is 14.4. The molecule has 4 nitrogen and oxygen atoms in total. The van der Waals surface area contributed by atoms with Gasteiger partial charge in [-0.2, -0.15) is 22.8 Å². The number of hydrogen-bond acceptors (Lipinski definition) is 5. The smallest absolute Gasteiger partial charge is 0.373 e. The van der Waals surface area contributed by atoms with Crippen LogP contribution in [0.3, 0.4) is 0 Å². The predicted octanol–water partition coefficient (Wildman–Crippen LogP) is 4.40. The molecule has 1 unspecified atom stereocenters. The quantitative estimate of drug-likeness (QED) is 0.842. The van der Waals surface area contributed by atoms with E-state index in [1.807, 2.05) is 6.07 Å². The first-order valence-electron chi connectivity index (χ1n) is 6.86. The van der Waals surface area contributed by atoms with Crippen LogP contribution in [0.2, 0.25) is 5.15 Å². The van der Waals surface area contributed by atoms with Crippen LogP contribution in [0.25, 0.3) is 0 Å². The van der Waals surface area contributed by atoms with Crippen molar-refractivity contribution in [1.82, 2.24) is 9.27 Å². The van der Waals surface area contributed by atoms with Crippen molar-refractivity contribution in [2.24, 2.45) is 0 Å². The van der Waals surface area contributed by atoms with Crippen LogP contribution in [0, 0.1) is 11.3 Å². The molecule has 2 aromatic rings. The number of anilines is 1. The van der Waals surface area contributed by atoms with Gasteiger partial charge in [0.1, 0.15) is 16.6 Å². The van der Waals surface area contributed by atoms with Gasteiger partial charge >= 0.3 is 6.18 Å². The molecular formula is C15H14ClF3N4S. The minimum atomic E-state index is -4.39. The van der Waals surface area contributed by atoms with Gasteiger partial charge < -0.3 is 10.2 Å². The third-order valence-corrected chi connectivity index (χ3v) is 4.62. The van der Waals surface area contributed by atoms with Crippen LogP contribution in [0.4, 0.5) is 18.2 Å². The summed E-state index contributed by atoms with van der Waals surface area (Å²) in [7, 11) is 3.55. The van der Waals surface area contributed by atoms with Gasteiger partial charge in [0.05, 0.1) is 11.6 Å². The second-order valence-corrected chi connectivity index (χ2v) is 6.40. The van der Waals surface area contributed by atoms with Crippen LogP contribution in [0.5, 0.6) is 0 Å². The molecule has 1 atom stereocenters. The Morgan fingerprint density at radius 1 is 1.42 bits per heavy atom. The molecule has 24 heavy (non-hydrogen) atoms. The topological polar surface area (TPSA) is 52.0 Å². The molecule has 0 aliphatic carbocycles. The number of nitrogens with one attached hydrogen (secondary N) is 1. The summed E-state index contributed by atoms with van der Waals surface area (Å²) in [6.45, 7) is 0.307. The van der Waals surface area contributed by atoms with Crippen molar-refractivity contribution < 1.29 is 13.2 Å². The van der Waals surface area contributed by atoms with Crippen molar-refractivity contribution >= 4 is 28.1 Å². The fourth-order valence-corrected chi connectivity index (χ4v) is 3.14. The summed E-state index contributed by atoms with van der Waals surface area (Å²) in [6.07, 6.45) is -4.39. The lowest BCUT2D eigenvalue weighted by Crippen LogP contribution is -2.27. The van der Waals surface area contributed by atoms with Crippen LogP contribution in [0.15, 0.2) is 24.3 Å². The lowest BCUT2D eigenvalue weighted by Gasteiger charge is -2.26. The number of rotatable bonds is 5. The normalized spacial score (nSPS) is 12.9. The Kier molecular flexibility index (Phi) is 5.70. The third-order valence-electron chi connectivity index (χ3n) is 3.44. The van der Waals surface area contributed by atoms with Gasteiger partial charge in [0.15, 0.2) is 5.15 Å². The van der Waals surface area contributed by atoms with Crippen LogP contribution in [0.1, 0.15) is 22.7 Å². The standard InChI is InChI=1S/C15H14ClF3N4S/c1-23(2)12(8-21-14-11(7-20)13(16)22-24-14)9-4-3-5-10(6-9)15(17,18)19/h3-6,12,21H,8H2,1-2H3. The van der Waals surface area contributed by atoms with Crippen LogP contribution in [-0.4, -0.2) is 29.9 Å². The van der Waals surface area contributed by atoms with E-state index in [-0.39, 0.29) is 16.8 Å². The molecule has 0 aliphatic heterocycles. The maximum atomic E-state index is 12.9. The molecule has 0 fully saturated rings. The highest BCUT2D eigenvalue weighted by Crippen LogP contribution is 2.32. The molecule has 0 saturated heterocycles. The van der Waals surface area contributed by atoms with Crippen LogP contribution in [-0.2, 0) is 6.18 Å². The van der Waals surface area contributed by atoms with Gasteiger partial charge in [-0.05, 0) is 43.3 Å². The molecule has 128 valence electrons. The molecule has 9 heteroatoms. The number of halogens is 4. The Morgan fingerprint density at radius 2 is 2.12 bits per heavy atom. The average Bonchev–Trinajstić information content (AvgIpc) is 2.86. The predicted molar refractivity (Wildman–Crippen MR) is 88.2 cm³/mol. The first kappa shape index (κ1) is 18.5. The monoisotopic (exact) mass is 374 g/mol. The Bertz CT molecular complexity index is 752. The van der Waals surface area contributed by atoms with Gasteiger partial charge in [0.2, 0.25) is 0 Å². The molecule has 2 rings (SSSR count). The van der Waals surface area contributed by atoms with E-state index < -0.39 is 11.7 Å². The van der Waals surface area contributed by atoms with Gasteiger partial charge in [-0.3, -0.25) is 0 Å². The summed E-state index contributed by atoms with van der Waals surface area (Å²) in [5.74, 6) is 0. The average molecular weight is 375 g/mol. The summed E-state index contributed by atoms with van der Waals surface area (Å²) >= 11 is 6.86. The Hall–Kier alpha value is -1.82. The largest absolute Gasteiger partial charge is 0.416 e. The van der Waals surface area contributed by atoms with Gasteiger partial charge in [0.25, 0.3) is 0 Å². The molecule has 1 aromatic heterocycles. The molecule has 1 heterocycles. The van der Waals surface area contributed by atoms with Crippen molar-refractivity contribution in [3.05, 3.63) is 46.1 Å². The minimum Gasteiger partial charge on any atom is -0.373 e. The second kappa shape index (κ2) is 7.38. The molecule has 0 spiro atoms. The highest BCUT2D eigenvalue weighted by molar-refractivity contribution is 7.10. The van der Waals surface area contributed by atoms with Crippen molar-refractivity contribution in [3.63, 3.8) is 0 Å². The molecule has 1 N–H and O–H groups in total. The van der Waals surface area contributed by atoms with Gasteiger partial charge in [-0.25, -0.2) is 0 Å². The number of likely N-dealkylation sites (N-methyl/N-ethyl adjacent to an activating group) is 1. The first-order chi connectivity index (χ1) is 11.2. The summed E-state index contributed by atoms with van der Waals surface area (Å²) < 4.78 is 42.6. The number of nitrogens with zero attached hydrogens (tertiary/aromatic N) is 3. The van der Waals surface area contributed by atoms with E-state index >= 15 is 0 Å². The molecule has 0 saturated carbocycles. The van der Waals surface area contributed by atoms with E-state index in [1.54, 1.807) is 25.1 Å². The van der Waals surface area contributed by atoms with Crippen molar-refractivity contribution in [3.8, 4) is 6.07 Å². The molecule has 0 aliphatic rings. The lowest BCUT2D eigenvalue weighted by atomic mass is 10.0. The minimum absolute atomic E-state index is 0.116. The number of nitriles is 1. The molecule has 0 bridgehead atoms. The van der Waals surface area contributed by atoms with Crippen molar-refractivity contribution in [2.75, 3.05) is 26.0 Å². The SMILES string of the molecule is CN(C)C(CNc1snc(Cl)c1C#N)c1cccc(C(F)(F)F)c1. The number of aromatic nitrogens is 1. The van der Waals surface area contributed by atoms with E-state index in [9.17, 15) is 13.2 Å². The maximum absolute atomic E-state index is 12.9. The summed E-state index contributed by atoms with van der Waals surface area (Å²) in [5.41, 5.74) is 0.0741. The van der Waals surface area contributed by atoms with E-state index in [1.165, 1.54) is 6.07 Å². The molecule has 1 aromatic carbocycles. The van der Waals surface area contributed by atoms with E-state index in [2.05, 4.69) is 9.69 Å².